The van der Waals surface area contributed by atoms with E-state index in [9.17, 15) is 90.0 Å². The summed E-state index contributed by atoms with van der Waals surface area (Å²) in [5, 5.41) is 117. The third kappa shape index (κ3) is 70.5. The molecule has 0 radical (unpaired) electrons. The van der Waals surface area contributed by atoms with Gasteiger partial charge in [-0.05, 0) is 146 Å². The molecule has 0 bridgehead atoms. The average Bonchev–Trinajstić information content (AvgIpc) is 0.898. The second-order valence-electron chi connectivity index (χ2n) is 19.0. The van der Waals surface area contributed by atoms with Gasteiger partial charge in [-0.1, -0.05) is 109 Å². The standard InChI is InChI=1S/6C10H8N2.3C4H4O6.19H2O.6Pt/c6*1-3-7-11-9(5-1)10-6-2-4-8-12-10;3*5-1(3(7)8)2(6)4(9)10;;;;;;;;;;;;;;;;;;;;;;;;;/h6*1-8H;3*1-2H,(H,7,8)(H,9,10);19*1H2;;;;;;/q;;;;;;3*-2;;;;;;;;;;;;;;;;;;;;6*+2/p-6/t;;;;;;3*1-,2-;;;;;;;;;;;;;;;;;;;;;;;;;/m......111........................./s1. The van der Waals surface area contributed by atoms with Crippen molar-refractivity contribution in [3.05, 3.63) is 293 Å². The first-order valence-corrected chi connectivity index (χ1v) is 29.3. The van der Waals surface area contributed by atoms with Crippen LogP contribution in [0.2, 0.25) is 0 Å². The van der Waals surface area contributed by atoms with Crippen molar-refractivity contribution in [2.45, 2.75) is 36.6 Å². The van der Waals surface area contributed by atoms with E-state index in [0.29, 0.717) is 0 Å². The average molecular weight is 2890 g/mol. The topological polar surface area (TPSA) is 1130 Å². The Morgan fingerprint density at radius 3 is 0.252 bits per heavy atom. The second kappa shape index (κ2) is 103. The number of hydrogen-bond acceptors (Lipinski definition) is 30. The van der Waals surface area contributed by atoms with Gasteiger partial charge in [0, 0.05) is 110 Å². The smallest absolute Gasteiger partial charge is 0.848 e. The number of carboxylic acid groups (broad SMARTS) is 6. The fourth-order valence-corrected chi connectivity index (χ4v) is 6.91. The third-order valence-electron chi connectivity index (χ3n) is 11.8. The van der Waals surface area contributed by atoms with Gasteiger partial charge in [-0.25, -0.2) is 0 Å². The fraction of sp³-hybridized carbons (Fsp3) is 0.0833. The summed E-state index contributed by atoms with van der Waals surface area (Å²) in [5.41, 5.74) is 11.0. The minimum absolute atomic E-state index is 0. The number of carboxylic acids is 6. The number of hydrogen-bond donors (Lipinski definition) is 0. The van der Waals surface area contributed by atoms with Crippen molar-refractivity contribution in [1.29, 1.82) is 0 Å². The molecule has 0 saturated carbocycles. The quantitative estimate of drug-likeness (QED) is 0.0919. The Kier molecular flexibility index (Phi) is 141. The van der Waals surface area contributed by atoms with Gasteiger partial charge in [-0.15, -0.1) is 0 Å². The van der Waals surface area contributed by atoms with Crippen molar-refractivity contribution in [1.82, 2.24) is 59.8 Å². The Morgan fingerprint density at radius 1 is 0.150 bits per heavy atom. The van der Waals surface area contributed by atoms with Crippen LogP contribution in [0, 0.1) is 0 Å². The van der Waals surface area contributed by atoms with E-state index in [-0.39, 0.29) is 230 Å². The van der Waals surface area contributed by atoms with Gasteiger partial charge in [0.2, 0.25) is 0 Å². The van der Waals surface area contributed by atoms with E-state index in [1.165, 1.54) is 0 Å². The van der Waals surface area contributed by atoms with Crippen LogP contribution in [0.4, 0.5) is 0 Å². The molecular weight excluding hydrogens is 2800 g/mol. The maximum atomic E-state index is 9.97. The number of rotatable bonds is 15. The fourth-order valence-electron chi connectivity index (χ4n) is 6.91. The number of carbonyl (C=O) groups excluding carboxylic acids is 6. The molecule has 12 heterocycles. The van der Waals surface area contributed by atoms with Crippen LogP contribution in [0.25, 0.3) is 68.3 Å². The third-order valence-corrected chi connectivity index (χ3v) is 11.8. The van der Waals surface area contributed by atoms with Crippen molar-refractivity contribution >= 4 is 35.8 Å². The summed E-state index contributed by atoms with van der Waals surface area (Å²) in [6.07, 6.45) is 4.41. The molecule has 0 aliphatic rings. The van der Waals surface area contributed by atoms with Crippen molar-refractivity contribution in [3.8, 4) is 68.3 Å². The molecule has 0 unspecified atom stereocenters. The summed E-state index contributed by atoms with van der Waals surface area (Å²) in [4.78, 5) is 107. The molecule has 12 rings (SSSR count). The Bertz CT molecular complexity index is 3410. The van der Waals surface area contributed by atoms with Gasteiger partial charge in [0.25, 0.3) is 0 Å². The van der Waals surface area contributed by atoms with Gasteiger partial charge in [-0.3, -0.25) is 59.8 Å². The van der Waals surface area contributed by atoms with Crippen LogP contribution < -0.4 is 61.3 Å². The Hall–Kier alpha value is -10.3. The molecule has 0 spiro atoms. The van der Waals surface area contributed by atoms with Gasteiger partial charge in [-0.2, -0.15) is 0 Å². The molecule has 722 valence electrons. The molecule has 0 aliphatic carbocycles. The predicted molar refractivity (Wildman–Crippen MR) is 406 cm³/mol. The van der Waals surface area contributed by atoms with Gasteiger partial charge >= 0.3 is 126 Å². The number of pyridine rings is 12. The largest absolute Gasteiger partial charge is 2.00 e. The van der Waals surface area contributed by atoms with Crippen molar-refractivity contribution in [3.63, 3.8) is 0 Å². The van der Waals surface area contributed by atoms with Crippen molar-refractivity contribution in [2.24, 2.45) is 0 Å². The van der Waals surface area contributed by atoms with Crippen LogP contribution in [0.5, 0.6) is 0 Å². The zero-order valence-electron chi connectivity index (χ0n) is 64.3. The first-order valence-electron chi connectivity index (χ1n) is 29.3. The van der Waals surface area contributed by atoms with Crippen LogP contribution in [0.15, 0.2) is 293 Å². The zero-order valence-corrected chi connectivity index (χ0v) is 77.9. The minimum Gasteiger partial charge on any atom is -0.848 e. The van der Waals surface area contributed by atoms with E-state index in [4.69, 9.17) is 0 Å². The molecule has 49 nitrogen and oxygen atoms in total. The first kappa shape index (κ1) is 174. The molecule has 0 fully saturated rings. The monoisotopic (exact) mass is 2890 g/mol. The first-order chi connectivity index (χ1) is 49.2. The van der Waals surface area contributed by atoms with Crippen LogP contribution in [0.1, 0.15) is 0 Å². The molecule has 38 N–H and O–H groups in total. The van der Waals surface area contributed by atoms with E-state index in [1.807, 2.05) is 218 Å². The molecule has 55 heteroatoms. The number of aromatic nitrogens is 12. The van der Waals surface area contributed by atoms with Gasteiger partial charge in [0.05, 0.1) is 68.3 Å². The van der Waals surface area contributed by atoms with Crippen molar-refractivity contribution < 1.29 is 320 Å². The van der Waals surface area contributed by atoms with Crippen LogP contribution in [-0.4, -0.2) is 236 Å². The summed E-state index contributed by atoms with van der Waals surface area (Å²) in [7, 11) is 0. The molecule has 0 aromatic carbocycles. The van der Waals surface area contributed by atoms with Crippen LogP contribution >= 0.6 is 0 Å². The van der Waals surface area contributed by atoms with Gasteiger partial charge in [0.1, 0.15) is 0 Å². The number of aliphatic carboxylic acids is 6. The molecule has 0 saturated heterocycles. The number of nitrogens with zero attached hydrogens (tertiary/aromatic N) is 12. The SMILES string of the molecule is O.O.O.O.O.O.O.O.O.O.O.O.O.O.O.O.O.O.O.O=C([O-])[C@H]([O-])[C@@H]([O-])C(=O)[O-].O=C([O-])[C@H]([O-])[C@@H]([O-])C(=O)[O-].O=C([O-])[C@H]([O-])[C@@H]([O-])C(=O)[O-].[Pt+2].[Pt+2].[Pt+2].[Pt+2].[Pt+2].[Pt+2].c1ccc(-c2ccccn2)nc1.c1ccc(-c2ccccn2)nc1.c1ccc(-c2ccccn2)nc1.c1ccc(-c2ccccn2)nc1.c1ccc(-c2ccccn2)nc1.c1ccc(-c2ccccn2)nc1. The normalized spacial score (nSPS) is 9.21. The molecule has 6 atom stereocenters. The second-order valence-corrected chi connectivity index (χ2v) is 19.0. The Labute approximate surface area is 807 Å². The molecule has 0 aliphatic heterocycles. The van der Waals surface area contributed by atoms with E-state index in [0.717, 1.165) is 68.3 Å². The van der Waals surface area contributed by atoms with Gasteiger partial charge in [0.15, 0.2) is 0 Å². The minimum atomic E-state index is -2.80. The van der Waals surface area contributed by atoms with E-state index < -0.39 is 72.4 Å². The maximum Gasteiger partial charge on any atom is 2.00 e. The summed E-state index contributed by atoms with van der Waals surface area (Å²) >= 11 is 0. The van der Waals surface area contributed by atoms with Crippen LogP contribution in [0.3, 0.4) is 0 Å². The zero-order chi connectivity index (χ0) is 74.3. The Morgan fingerprint density at radius 2 is 0.213 bits per heavy atom. The van der Waals surface area contributed by atoms with E-state index in [2.05, 4.69) is 59.8 Å². The number of carbonyl (C=O) groups is 6. The van der Waals surface area contributed by atoms with Gasteiger partial charge < -0.3 is 194 Å². The summed E-state index contributed by atoms with van der Waals surface area (Å²) in [6.45, 7) is 0. The Balaban J connectivity index is -0.0000000477. The summed E-state index contributed by atoms with van der Waals surface area (Å²) in [5.74, 6) is -13.4. The van der Waals surface area contributed by atoms with E-state index in [1.54, 1.807) is 74.4 Å². The molecule has 127 heavy (non-hydrogen) atoms. The summed E-state index contributed by atoms with van der Waals surface area (Å²) in [6, 6.07) is 69.6. The summed E-state index contributed by atoms with van der Waals surface area (Å²) < 4.78 is 0. The molecule has 12 aromatic rings. The van der Waals surface area contributed by atoms with Crippen molar-refractivity contribution in [2.75, 3.05) is 0 Å². The van der Waals surface area contributed by atoms with E-state index >= 15 is 0 Å². The predicted octanol–water partition coefficient (Wildman–Crippen LogP) is -21.0. The molecular formula is C72H92N12O37Pt6. The maximum absolute atomic E-state index is 9.97. The molecule has 0 amide bonds. The van der Waals surface area contributed by atoms with Crippen LogP contribution in [-0.2, 0) is 155 Å². The molecule has 12 aromatic heterocycles.